The summed E-state index contributed by atoms with van der Waals surface area (Å²) in [6, 6.07) is 19.2. The molecule has 0 saturated heterocycles. The molecule has 0 saturated carbocycles. The molecule has 0 bridgehead atoms. The van der Waals surface area contributed by atoms with Gasteiger partial charge in [-0.2, -0.15) is 0 Å². The van der Waals surface area contributed by atoms with Crippen LogP contribution < -0.4 is 4.74 Å². The van der Waals surface area contributed by atoms with E-state index in [4.69, 9.17) is 16.3 Å². The summed E-state index contributed by atoms with van der Waals surface area (Å²) in [5, 5.41) is 3.37. The van der Waals surface area contributed by atoms with E-state index in [0.29, 0.717) is 11.6 Å². The Morgan fingerprint density at radius 1 is 0.969 bits per heavy atom. The summed E-state index contributed by atoms with van der Waals surface area (Å²) in [4.78, 5) is 20.9. The van der Waals surface area contributed by atoms with Gasteiger partial charge in [-0.15, -0.1) is 4.91 Å². The van der Waals surface area contributed by atoms with Crippen molar-refractivity contribution >= 4 is 17.3 Å². The van der Waals surface area contributed by atoms with E-state index >= 15 is 0 Å². The van der Waals surface area contributed by atoms with E-state index in [-0.39, 0.29) is 5.69 Å². The molecule has 4 aromatic rings. The van der Waals surface area contributed by atoms with Gasteiger partial charge in [-0.25, -0.2) is 0 Å². The second-order valence-electron chi connectivity index (χ2n) is 7.64. The van der Waals surface area contributed by atoms with Crippen molar-refractivity contribution in [3.05, 3.63) is 83.0 Å². The molecule has 32 heavy (non-hydrogen) atoms. The van der Waals surface area contributed by atoms with E-state index in [1.54, 1.807) is 24.5 Å². The van der Waals surface area contributed by atoms with Crippen LogP contribution in [0.15, 0.2) is 78.2 Å². The number of hydrogen-bond acceptors (Lipinski definition) is 5. The van der Waals surface area contributed by atoms with Crippen LogP contribution in [0.4, 0.5) is 5.69 Å². The average Bonchev–Trinajstić information content (AvgIpc) is 3.26. The minimum Gasteiger partial charge on any atom is -0.492 e. The first-order chi connectivity index (χ1) is 15.5. The lowest BCUT2D eigenvalue weighted by atomic mass is 10.0. The predicted octanol–water partition coefficient (Wildman–Crippen LogP) is 6.40. The first-order valence-electron chi connectivity index (χ1n) is 10.2. The normalized spacial score (nSPS) is 11.0. The average molecular weight is 447 g/mol. The van der Waals surface area contributed by atoms with E-state index in [1.165, 1.54) is 0 Å². The maximum Gasteiger partial charge on any atom is 0.127 e. The number of H-pyrrole nitrogens is 1. The molecule has 0 amide bonds. The summed E-state index contributed by atoms with van der Waals surface area (Å²) in [7, 11) is 4.04. The molecule has 2 aromatic heterocycles. The van der Waals surface area contributed by atoms with Crippen molar-refractivity contribution in [2.75, 3.05) is 27.2 Å². The van der Waals surface area contributed by atoms with Crippen molar-refractivity contribution in [2.24, 2.45) is 5.18 Å². The van der Waals surface area contributed by atoms with Crippen LogP contribution in [-0.4, -0.2) is 42.1 Å². The van der Waals surface area contributed by atoms with Gasteiger partial charge in [-0.1, -0.05) is 17.7 Å². The molecule has 0 aliphatic carbocycles. The zero-order valence-corrected chi connectivity index (χ0v) is 18.6. The standard InChI is InChI=1S/C25H23ClN4O2/c1-30(2)13-14-32-20-6-3-18(4-7-20)23-16-21(17-9-11-27-12-10-17)25(28-23)19-5-8-22(26)24(15-19)29-31/h3-12,15-16,28H,13-14H2,1-2H3. The highest BCUT2D eigenvalue weighted by atomic mass is 35.5. The maximum absolute atomic E-state index is 11.2. The Morgan fingerprint density at radius 3 is 2.38 bits per heavy atom. The van der Waals surface area contributed by atoms with Gasteiger partial charge in [0, 0.05) is 35.8 Å². The van der Waals surface area contributed by atoms with Crippen molar-refractivity contribution in [3.8, 4) is 39.4 Å². The van der Waals surface area contributed by atoms with Gasteiger partial charge in [-0.3, -0.25) is 4.98 Å². The largest absolute Gasteiger partial charge is 0.492 e. The Balaban J connectivity index is 1.71. The molecule has 0 radical (unpaired) electrons. The van der Waals surface area contributed by atoms with Crippen LogP contribution in [0.3, 0.4) is 0 Å². The summed E-state index contributed by atoms with van der Waals surface area (Å²) in [6.07, 6.45) is 3.51. The fourth-order valence-corrected chi connectivity index (χ4v) is 3.56. The number of hydrogen-bond donors (Lipinski definition) is 1. The minimum absolute atomic E-state index is 0.209. The van der Waals surface area contributed by atoms with Crippen molar-refractivity contribution in [1.82, 2.24) is 14.9 Å². The highest BCUT2D eigenvalue weighted by Gasteiger charge is 2.15. The Morgan fingerprint density at radius 2 is 1.69 bits per heavy atom. The monoisotopic (exact) mass is 446 g/mol. The van der Waals surface area contributed by atoms with Crippen molar-refractivity contribution in [3.63, 3.8) is 0 Å². The SMILES string of the molecule is CN(C)CCOc1ccc(-c2cc(-c3ccncc3)c(-c3ccc(Cl)c(N=O)c3)[nH]2)cc1. The summed E-state index contributed by atoms with van der Waals surface area (Å²) in [5.74, 6) is 0.830. The van der Waals surface area contributed by atoms with Crippen LogP contribution in [0.1, 0.15) is 0 Å². The molecule has 2 aromatic carbocycles. The summed E-state index contributed by atoms with van der Waals surface area (Å²) < 4.78 is 5.80. The lowest BCUT2D eigenvalue weighted by Gasteiger charge is -2.11. The third-order valence-electron chi connectivity index (χ3n) is 5.11. The van der Waals surface area contributed by atoms with Gasteiger partial charge in [-0.05, 0) is 85.0 Å². The van der Waals surface area contributed by atoms with Gasteiger partial charge in [0.15, 0.2) is 0 Å². The van der Waals surface area contributed by atoms with Crippen LogP contribution in [0, 0.1) is 4.91 Å². The molecule has 162 valence electrons. The molecule has 0 fully saturated rings. The van der Waals surface area contributed by atoms with Gasteiger partial charge in [0.1, 0.15) is 18.0 Å². The van der Waals surface area contributed by atoms with Gasteiger partial charge in [0.25, 0.3) is 0 Å². The molecule has 1 N–H and O–H groups in total. The van der Waals surface area contributed by atoms with E-state index in [9.17, 15) is 4.91 Å². The number of nitrogens with zero attached hydrogens (tertiary/aromatic N) is 3. The summed E-state index contributed by atoms with van der Waals surface area (Å²) in [5.41, 5.74) is 5.88. The smallest absolute Gasteiger partial charge is 0.127 e. The molecule has 7 heteroatoms. The molecular weight excluding hydrogens is 424 g/mol. The number of nitroso groups, excluding NO2 is 1. The number of rotatable bonds is 8. The zero-order chi connectivity index (χ0) is 22.5. The Labute approximate surface area is 191 Å². The van der Waals surface area contributed by atoms with Crippen LogP contribution in [0.25, 0.3) is 33.6 Å². The van der Waals surface area contributed by atoms with E-state index < -0.39 is 0 Å². The molecular formula is C25H23ClN4O2. The van der Waals surface area contributed by atoms with Crippen LogP contribution in [0.2, 0.25) is 5.02 Å². The van der Waals surface area contributed by atoms with Crippen molar-refractivity contribution < 1.29 is 4.74 Å². The fourth-order valence-electron chi connectivity index (χ4n) is 3.41. The molecule has 4 rings (SSSR count). The number of pyridine rings is 1. The number of aromatic nitrogens is 2. The molecule has 0 aliphatic rings. The van der Waals surface area contributed by atoms with Crippen LogP contribution >= 0.6 is 11.6 Å². The Hall–Kier alpha value is -3.48. The lowest BCUT2D eigenvalue weighted by molar-refractivity contribution is 0.261. The van der Waals surface area contributed by atoms with Crippen molar-refractivity contribution in [2.45, 2.75) is 0 Å². The van der Waals surface area contributed by atoms with E-state index in [0.717, 1.165) is 45.9 Å². The predicted molar refractivity (Wildman–Crippen MR) is 129 cm³/mol. The number of aromatic amines is 1. The quantitative estimate of drug-likeness (QED) is 0.318. The second-order valence-corrected chi connectivity index (χ2v) is 8.05. The van der Waals surface area contributed by atoms with Crippen LogP contribution in [0.5, 0.6) is 5.75 Å². The number of benzene rings is 2. The topological polar surface area (TPSA) is 70.6 Å². The summed E-state index contributed by atoms with van der Waals surface area (Å²) >= 11 is 6.08. The minimum atomic E-state index is 0.209. The number of likely N-dealkylation sites (N-methyl/N-ethyl adjacent to an activating group) is 1. The third-order valence-corrected chi connectivity index (χ3v) is 5.43. The van der Waals surface area contributed by atoms with Gasteiger partial charge in [0.2, 0.25) is 0 Å². The van der Waals surface area contributed by atoms with Crippen LogP contribution in [-0.2, 0) is 0 Å². The fraction of sp³-hybridized carbons (Fsp3) is 0.160. The van der Waals surface area contributed by atoms with Gasteiger partial charge in [0.05, 0.1) is 10.7 Å². The zero-order valence-electron chi connectivity index (χ0n) is 17.9. The van der Waals surface area contributed by atoms with Crippen molar-refractivity contribution in [1.29, 1.82) is 0 Å². The maximum atomic E-state index is 11.2. The number of nitrogens with one attached hydrogen (secondary N) is 1. The number of halogens is 1. The molecule has 0 unspecified atom stereocenters. The molecule has 0 aliphatic heterocycles. The van der Waals surface area contributed by atoms with E-state index in [2.05, 4.69) is 26.1 Å². The third kappa shape index (κ3) is 4.88. The summed E-state index contributed by atoms with van der Waals surface area (Å²) in [6.45, 7) is 1.49. The Bertz CT molecular complexity index is 1200. The highest BCUT2D eigenvalue weighted by molar-refractivity contribution is 6.33. The molecule has 2 heterocycles. The Kier molecular flexibility index (Phi) is 6.63. The first kappa shape index (κ1) is 21.7. The second kappa shape index (κ2) is 9.77. The number of ether oxygens (including phenoxy) is 1. The highest BCUT2D eigenvalue weighted by Crippen LogP contribution is 2.38. The molecule has 0 spiro atoms. The lowest BCUT2D eigenvalue weighted by Crippen LogP contribution is -2.19. The first-order valence-corrected chi connectivity index (χ1v) is 10.6. The molecule has 6 nitrogen and oxygen atoms in total. The molecule has 0 atom stereocenters. The van der Waals surface area contributed by atoms with Gasteiger partial charge < -0.3 is 14.6 Å². The van der Waals surface area contributed by atoms with Gasteiger partial charge >= 0.3 is 0 Å². The van der Waals surface area contributed by atoms with E-state index in [1.807, 2.05) is 56.6 Å².